The Morgan fingerprint density at radius 3 is 2.62 bits per heavy atom. The number of halogens is 2. The summed E-state index contributed by atoms with van der Waals surface area (Å²) in [4.78, 5) is 0. The van der Waals surface area contributed by atoms with E-state index in [-0.39, 0.29) is 11.7 Å². The summed E-state index contributed by atoms with van der Waals surface area (Å²) >= 11 is 3.42. The van der Waals surface area contributed by atoms with E-state index >= 15 is 0 Å². The third-order valence-electron chi connectivity index (χ3n) is 2.56. The van der Waals surface area contributed by atoms with Crippen LogP contribution in [0.15, 0.2) is 47.1 Å². The van der Waals surface area contributed by atoms with Gasteiger partial charge in [-0.15, -0.1) is 0 Å². The Labute approximate surface area is 102 Å². The van der Waals surface area contributed by atoms with Crippen molar-refractivity contribution >= 4 is 15.9 Å². The van der Waals surface area contributed by atoms with Gasteiger partial charge in [0, 0.05) is 17.7 Å². The van der Waals surface area contributed by atoms with Gasteiger partial charge in [-0.3, -0.25) is 0 Å². The smallest absolute Gasteiger partial charge is 0.126 e. The first kappa shape index (κ1) is 11.4. The van der Waals surface area contributed by atoms with E-state index in [1.54, 1.807) is 12.3 Å². The van der Waals surface area contributed by atoms with Gasteiger partial charge in [-0.25, -0.2) is 4.39 Å². The monoisotopic (exact) mass is 282 g/mol. The molecule has 0 radical (unpaired) electrons. The molecule has 1 aromatic heterocycles. The van der Waals surface area contributed by atoms with Crippen molar-refractivity contribution < 1.29 is 8.81 Å². The van der Waals surface area contributed by atoms with Crippen molar-refractivity contribution in [2.75, 3.05) is 5.33 Å². The number of rotatable bonds is 4. The summed E-state index contributed by atoms with van der Waals surface area (Å²) < 4.78 is 18.9. The molecule has 1 nitrogen and oxygen atoms in total. The van der Waals surface area contributed by atoms with Crippen LogP contribution in [0.25, 0.3) is 0 Å². The summed E-state index contributed by atoms with van der Waals surface area (Å²) in [7, 11) is 0. The van der Waals surface area contributed by atoms with Gasteiger partial charge >= 0.3 is 0 Å². The second kappa shape index (κ2) is 5.30. The Bertz CT molecular complexity index is 439. The van der Waals surface area contributed by atoms with E-state index in [9.17, 15) is 4.39 Å². The summed E-state index contributed by atoms with van der Waals surface area (Å²) in [5.41, 5.74) is 0.732. The highest BCUT2D eigenvalue weighted by molar-refractivity contribution is 9.09. The Morgan fingerprint density at radius 1 is 1.19 bits per heavy atom. The van der Waals surface area contributed by atoms with Gasteiger partial charge in [-0.1, -0.05) is 34.1 Å². The van der Waals surface area contributed by atoms with Crippen molar-refractivity contribution in [3.8, 4) is 0 Å². The van der Waals surface area contributed by atoms with Crippen molar-refractivity contribution in [1.29, 1.82) is 0 Å². The zero-order valence-corrected chi connectivity index (χ0v) is 10.3. The van der Waals surface area contributed by atoms with Crippen LogP contribution in [0.5, 0.6) is 0 Å². The molecular formula is C13H12BrFO. The van der Waals surface area contributed by atoms with Gasteiger partial charge in [0.05, 0.1) is 6.26 Å². The first-order valence-electron chi connectivity index (χ1n) is 5.14. The maximum absolute atomic E-state index is 13.6. The fraction of sp³-hybridized carbons (Fsp3) is 0.231. The van der Waals surface area contributed by atoms with E-state index in [4.69, 9.17) is 4.42 Å². The number of furan rings is 1. The van der Waals surface area contributed by atoms with Crippen LogP contribution in [0, 0.1) is 5.82 Å². The molecule has 0 saturated carbocycles. The van der Waals surface area contributed by atoms with Crippen molar-refractivity contribution in [2.45, 2.75) is 12.3 Å². The molecule has 1 atom stereocenters. The van der Waals surface area contributed by atoms with Crippen LogP contribution in [0.1, 0.15) is 17.2 Å². The lowest BCUT2D eigenvalue weighted by Crippen LogP contribution is -2.06. The minimum absolute atomic E-state index is 0.104. The van der Waals surface area contributed by atoms with Crippen molar-refractivity contribution in [3.63, 3.8) is 0 Å². The average molecular weight is 283 g/mol. The van der Waals surface area contributed by atoms with E-state index in [2.05, 4.69) is 15.9 Å². The molecule has 1 heterocycles. The second-order valence-corrected chi connectivity index (χ2v) is 4.30. The maximum Gasteiger partial charge on any atom is 0.126 e. The number of alkyl halides is 1. The Balaban J connectivity index is 2.20. The first-order chi connectivity index (χ1) is 7.81. The van der Waals surface area contributed by atoms with E-state index in [1.165, 1.54) is 6.07 Å². The minimum atomic E-state index is -0.154. The van der Waals surface area contributed by atoms with Gasteiger partial charge < -0.3 is 4.42 Å². The summed E-state index contributed by atoms with van der Waals surface area (Å²) in [6.45, 7) is 0. The highest BCUT2D eigenvalue weighted by atomic mass is 79.9. The predicted octanol–water partition coefficient (Wildman–Crippen LogP) is 4.14. The van der Waals surface area contributed by atoms with Crippen LogP contribution in [0.3, 0.4) is 0 Å². The van der Waals surface area contributed by atoms with Gasteiger partial charge in [-0.2, -0.15) is 0 Å². The zero-order chi connectivity index (χ0) is 11.4. The average Bonchev–Trinajstić information content (AvgIpc) is 2.80. The van der Waals surface area contributed by atoms with Crippen LogP contribution in [0.2, 0.25) is 0 Å². The van der Waals surface area contributed by atoms with Gasteiger partial charge in [0.25, 0.3) is 0 Å². The first-order valence-corrected chi connectivity index (χ1v) is 6.26. The Morgan fingerprint density at radius 2 is 2.00 bits per heavy atom. The molecule has 1 aromatic carbocycles. The normalized spacial score (nSPS) is 12.6. The van der Waals surface area contributed by atoms with E-state index in [0.29, 0.717) is 11.8 Å². The van der Waals surface area contributed by atoms with E-state index < -0.39 is 0 Å². The second-order valence-electron chi connectivity index (χ2n) is 3.66. The van der Waals surface area contributed by atoms with Crippen LogP contribution in [0.4, 0.5) is 4.39 Å². The molecule has 0 fully saturated rings. The van der Waals surface area contributed by atoms with Crippen LogP contribution in [-0.2, 0) is 6.42 Å². The lowest BCUT2D eigenvalue weighted by Gasteiger charge is -2.13. The summed E-state index contributed by atoms with van der Waals surface area (Å²) in [6, 6.07) is 10.6. The molecule has 2 rings (SSSR count). The van der Waals surface area contributed by atoms with Crippen molar-refractivity contribution in [1.82, 2.24) is 0 Å². The number of hydrogen-bond acceptors (Lipinski definition) is 1. The number of hydrogen-bond donors (Lipinski definition) is 0. The van der Waals surface area contributed by atoms with Crippen LogP contribution in [-0.4, -0.2) is 5.33 Å². The maximum atomic E-state index is 13.6. The fourth-order valence-electron chi connectivity index (χ4n) is 1.73. The van der Waals surface area contributed by atoms with Gasteiger partial charge in [0.15, 0.2) is 0 Å². The quantitative estimate of drug-likeness (QED) is 0.769. The summed E-state index contributed by atoms with van der Waals surface area (Å²) in [5, 5.41) is 0.717. The lowest BCUT2D eigenvalue weighted by atomic mass is 9.96. The number of benzene rings is 1. The molecule has 16 heavy (non-hydrogen) atoms. The van der Waals surface area contributed by atoms with Crippen LogP contribution < -0.4 is 0 Å². The molecule has 2 aromatic rings. The summed E-state index contributed by atoms with van der Waals surface area (Å²) in [6.07, 6.45) is 2.35. The standard InChI is InChI=1S/C13H12BrFO/c14-9-10(8-11-4-3-7-16-11)12-5-1-2-6-13(12)15/h1-7,10H,8-9H2. The predicted molar refractivity (Wildman–Crippen MR) is 65.3 cm³/mol. The molecule has 1 unspecified atom stereocenters. The van der Waals surface area contributed by atoms with Crippen molar-refractivity contribution in [2.24, 2.45) is 0 Å². The van der Waals surface area contributed by atoms with Crippen molar-refractivity contribution in [3.05, 3.63) is 59.8 Å². The molecular weight excluding hydrogens is 271 g/mol. The van der Waals surface area contributed by atoms with E-state index in [1.807, 2.05) is 24.3 Å². The zero-order valence-electron chi connectivity index (χ0n) is 8.70. The Kier molecular flexibility index (Phi) is 3.78. The summed E-state index contributed by atoms with van der Waals surface area (Å²) in [5.74, 6) is 0.832. The SMILES string of the molecule is Fc1ccccc1C(CBr)Cc1ccco1. The fourth-order valence-corrected chi connectivity index (χ4v) is 2.30. The highest BCUT2D eigenvalue weighted by Gasteiger charge is 2.15. The minimum Gasteiger partial charge on any atom is -0.469 e. The third-order valence-corrected chi connectivity index (χ3v) is 3.34. The van der Waals surface area contributed by atoms with Gasteiger partial charge in [-0.05, 0) is 23.8 Å². The van der Waals surface area contributed by atoms with Gasteiger partial charge in [0.1, 0.15) is 11.6 Å². The van der Waals surface area contributed by atoms with Crippen LogP contribution >= 0.6 is 15.9 Å². The molecule has 84 valence electrons. The van der Waals surface area contributed by atoms with E-state index in [0.717, 1.165) is 11.3 Å². The van der Waals surface area contributed by atoms with Gasteiger partial charge in [0.2, 0.25) is 0 Å². The molecule has 0 aliphatic heterocycles. The lowest BCUT2D eigenvalue weighted by molar-refractivity contribution is 0.489. The molecule has 0 saturated heterocycles. The molecule has 0 spiro atoms. The molecule has 3 heteroatoms. The third kappa shape index (κ3) is 2.53. The molecule has 0 aliphatic rings. The molecule has 0 N–H and O–H groups in total. The molecule has 0 aliphatic carbocycles. The molecule has 0 bridgehead atoms. The Hall–Kier alpha value is -1.09. The highest BCUT2D eigenvalue weighted by Crippen LogP contribution is 2.25. The largest absolute Gasteiger partial charge is 0.469 e. The molecule has 0 amide bonds. The topological polar surface area (TPSA) is 13.1 Å².